The highest BCUT2D eigenvalue weighted by Gasteiger charge is 2.16. The van der Waals surface area contributed by atoms with Crippen molar-refractivity contribution < 1.29 is 19.2 Å². The molecule has 0 bridgehead atoms. The minimum Gasteiger partial charge on any atom is -0.475 e. The molecule has 2 aromatic rings. The number of nitrogens with zero attached hydrogens (tertiary/aromatic N) is 2. The number of H-pyrrole nitrogens is 1. The molecule has 0 saturated carbocycles. The van der Waals surface area contributed by atoms with Crippen molar-refractivity contribution in [3.05, 3.63) is 29.9 Å². The van der Waals surface area contributed by atoms with Gasteiger partial charge in [-0.25, -0.2) is 4.79 Å². The van der Waals surface area contributed by atoms with Gasteiger partial charge in [0.25, 0.3) is 5.91 Å². The van der Waals surface area contributed by atoms with E-state index in [2.05, 4.69) is 25.2 Å². The van der Waals surface area contributed by atoms with Crippen LogP contribution in [0.5, 0.6) is 0 Å². The Labute approximate surface area is 88.2 Å². The molecule has 0 spiro atoms. The zero-order valence-electron chi connectivity index (χ0n) is 7.80. The number of anilines is 1. The van der Waals surface area contributed by atoms with Crippen LogP contribution in [0.3, 0.4) is 0 Å². The molecule has 3 N–H and O–H groups in total. The van der Waals surface area contributed by atoms with Gasteiger partial charge in [0.1, 0.15) is 0 Å². The Morgan fingerprint density at radius 3 is 2.88 bits per heavy atom. The van der Waals surface area contributed by atoms with Gasteiger partial charge in [-0.15, -0.1) is 0 Å². The van der Waals surface area contributed by atoms with Crippen molar-refractivity contribution in [3.63, 3.8) is 0 Å². The second-order valence-electron chi connectivity index (χ2n) is 2.82. The van der Waals surface area contributed by atoms with Gasteiger partial charge in [-0.05, 0) is 0 Å². The minimum absolute atomic E-state index is 0.112. The molecule has 82 valence electrons. The third-order valence-corrected chi connectivity index (χ3v) is 1.71. The Morgan fingerprint density at radius 1 is 1.50 bits per heavy atom. The van der Waals surface area contributed by atoms with E-state index in [-0.39, 0.29) is 5.69 Å². The summed E-state index contributed by atoms with van der Waals surface area (Å²) in [5, 5.41) is 20.4. The molecule has 2 heterocycles. The smallest absolute Gasteiger partial charge is 0.374 e. The highest BCUT2D eigenvalue weighted by Crippen LogP contribution is 2.07. The summed E-state index contributed by atoms with van der Waals surface area (Å²) < 4.78 is 4.43. The van der Waals surface area contributed by atoms with Gasteiger partial charge in [-0.3, -0.25) is 9.89 Å². The van der Waals surface area contributed by atoms with Crippen LogP contribution in [-0.4, -0.2) is 32.3 Å². The number of aromatic nitrogens is 3. The molecule has 16 heavy (non-hydrogen) atoms. The standard InChI is InChI=1S/C8H6N4O4/c13-7(11-4-2-9-10-3-4)5-1-6(8(14)15)16-12-5/h1-3H,(H,9,10)(H,11,13)(H,14,15). The van der Waals surface area contributed by atoms with E-state index in [0.29, 0.717) is 5.69 Å². The lowest BCUT2D eigenvalue weighted by Crippen LogP contribution is -2.11. The van der Waals surface area contributed by atoms with Gasteiger partial charge in [0.05, 0.1) is 11.9 Å². The maximum absolute atomic E-state index is 11.5. The van der Waals surface area contributed by atoms with Crippen molar-refractivity contribution in [3.8, 4) is 0 Å². The average molecular weight is 222 g/mol. The van der Waals surface area contributed by atoms with Crippen LogP contribution >= 0.6 is 0 Å². The van der Waals surface area contributed by atoms with Crippen molar-refractivity contribution in [1.29, 1.82) is 0 Å². The Bertz CT molecular complexity index is 516. The summed E-state index contributed by atoms with van der Waals surface area (Å²) in [6, 6.07) is 1.04. The fourth-order valence-electron chi connectivity index (χ4n) is 0.997. The monoisotopic (exact) mass is 222 g/mol. The first-order chi connectivity index (χ1) is 7.66. The van der Waals surface area contributed by atoms with E-state index in [0.717, 1.165) is 6.07 Å². The normalized spacial score (nSPS) is 10.0. The number of carboxylic acids is 1. The highest BCUT2D eigenvalue weighted by atomic mass is 16.5. The number of carbonyl (C=O) groups is 2. The molecule has 8 heteroatoms. The number of nitrogens with one attached hydrogen (secondary N) is 2. The van der Waals surface area contributed by atoms with Gasteiger partial charge in [0.2, 0.25) is 5.76 Å². The molecule has 0 aromatic carbocycles. The molecule has 0 unspecified atom stereocenters. The third-order valence-electron chi connectivity index (χ3n) is 1.71. The molecule has 2 aromatic heterocycles. The van der Waals surface area contributed by atoms with Crippen molar-refractivity contribution in [1.82, 2.24) is 15.4 Å². The minimum atomic E-state index is -1.28. The van der Waals surface area contributed by atoms with Crippen LogP contribution in [0.25, 0.3) is 0 Å². The number of hydrogen-bond donors (Lipinski definition) is 3. The summed E-state index contributed by atoms with van der Waals surface area (Å²) in [6.07, 6.45) is 2.87. The van der Waals surface area contributed by atoms with Crippen LogP contribution in [0.4, 0.5) is 5.69 Å². The van der Waals surface area contributed by atoms with Crippen LogP contribution < -0.4 is 5.32 Å². The summed E-state index contributed by atoms with van der Waals surface area (Å²) in [6.45, 7) is 0. The Morgan fingerprint density at radius 2 is 2.31 bits per heavy atom. The lowest BCUT2D eigenvalue weighted by molar-refractivity contribution is 0.0651. The number of carbonyl (C=O) groups excluding carboxylic acids is 1. The van der Waals surface area contributed by atoms with Crippen LogP contribution in [0.1, 0.15) is 21.0 Å². The lowest BCUT2D eigenvalue weighted by atomic mass is 10.3. The van der Waals surface area contributed by atoms with Crippen molar-refractivity contribution in [2.45, 2.75) is 0 Å². The Kier molecular flexibility index (Phi) is 2.38. The van der Waals surface area contributed by atoms with Crippen LogP contribution in [-0.2, 0) is 0 Å². The summed E-state index contributed by atoms with van der Waals surface area (Å²) in [5.41, 5.74) is 0.337. The van der Waals surface area contributed by atoms with E-state index in [4.69, 9.17) is 5.11 Å². The predicted molar refractivity (Wildman–Crippen MR) is 50.0 cm³/mol. The molecule has 0 fully saturated rings. The first-order valence-corrected chi connectivity index (χ1v) is 4.17. The zero-order chi connectivity index (χ0) is 11.5. The first kappa shape index (κ1) is 9.90. The SMILES string of the molecule is O=C(Nc1cn[nH]c1)c1cc(C(=O)O)on1. The van der Waals surface area contributed by atoms with E-state index < -0.39 is 17.6 Å². The quantitative estimate of drug-likeness (QED) is 0.688. The second-order valence-corrected chi connectivity index (χ2v) is 2.82. The molecule has 2 rings (SSSR count). The van der Waals surface area contributed by atoms with Gasteiger partial charge in [0, 0.05) is 12.3 Å². The van der Waals surface area contributed by atoms with Gasteiger partial charge in [0.15, 0.2) is 5.69 Å². The number of aromatic carboxylic acids is 1. The molecule has 0 radical (unpaired) electrons. The molecule has 0 aliphatic heterocycles. The molecular weight excluding hydrogens is 216 g/mol. The third kappa shape index (κ3) is 1.90. The van der Waals surface area contributed by atoms with E-state index >= 15 is 0 Å². The van der Waals surface area contributed by atoms with Crippen LogP contribution in [0.2, 0.25) is 0 Å². The van der Waals surface area contributed by atoms with E-state index in [1.165, 1.54) is 12.4 Å². The summed E-state index contributed by atoms with van der Waals surface area (Å²) in [4.78, 5) is 22.0. The first-order valence-electron chi connectivity index (χ1n) is 4.17. The number of rotatable bonds is 3. The number of carboxylic acid groups (broad SMARTS) is 1. The molecule has 8 nitrogen and oxygen atoms in total. The fraction of sp³-hybridized carbons (Fsp3) is 0. The van der Waals surface area contributed by atoms with Crippen molar-refractivity contribution >= 4 is 17.6 Å². The predicted octanol–water partition coefficient (Wildman–Crippen LogP) is 0.348. The molecule has 0 atom stereocenters. The second kappa shape index (κ2) is 3.85. The summed E-state index contributed by atoms with van der Waals surface area (Å²) in [5.74, 6) is -2.25. The van der Waals surface area contributed by atoms with Crippen LogP contribution in [0.15, 0.2) is 23.0 Å². The number of hydrogen-bond acceptors (Lipinski definition) is 5. The highest BCUT2D eigenvalue weighted by molar-refractivity contribution is 6.03. The number of aromatic amines is 1. The van der Waals surface area contributed by atoms with E-state index in [1.807, 2.05) is 0 Å². The Balaban J connectivity index is 2.12. The summed E-state index contributed by atoms with van der Waals surface area (Å²) >= 11 is 0. The molecule has 1 amide bonds. The van der Waals surface area contributed by atoms with E-state index in [9.17, 15) is 9.59 Å². The van der Waals surface area contributed by atoms with Gasteiger partial charge < -0.3 is 14.9 Å². The van der Waals surface area contributed by atoms with E-state index in [1.54, 1.807) is 0 Å². The maximum atomic E-state index is 11.5. The van der Waals surface area contributed by atoms with Crippen molar-refractivity contribution in [2.75, 3.05) is 5.32 Å². The lowest BCUT2D eigenvalue weighted by Gasteiger charge is -1.95. The maximum Gasteiger partial charge on any atom is 0.374 e. The molecule has 0 aliphatic carbocycles. The van der Waals surface area contributed by atoms with Crippen molar-refractivity contribution in [2.24, 2.45) is 0 Å². The van der Waals surface area contributed by atoms with Gasteiger partial charge >= 0.3 is 5.97 Å². The molecule has 0 saturated heterocycles. The number of amides is 1. The summed E-state index contributed by atoms with van der Waals surface area (Å²) in [7, 11) is 0. The topological polar surface area (TPSA) is 121 Å². The fourth-order valence-corrected chi connectivity index (χ4v) is 0.997. The van der Waals surface area contributed by atoms with Gasteiger partial charge in [-0.1, -0.05) is 5.16 Å². The largest absolute Gasteiger partial charge is 0.475 e. The Hall–Kier alpha value is -2.64. The molecular formula is C8H6N4O4. The average Bonchev–Trinajstić information content (AvgIpc) is 2.86. The van der Waals surface area contributed by atoms with Crippen LogP contribution in [0, 0.1) is 0 Å². The zero-order valence-corrected chi connectivity index (χ0v) is 7.80. The molecule has 0 aliphatic rings. The van der Waals surface area contributed by atoms with Gasteiger partial charge in [-0.2, -0.15) is 5.10 Å².